The molecule has 1 atom stereocenters. The number of non-ortho nitro benzene ring substituents is 1. The third kappa shape index (κ3) is 4.19. The molecule has 1 aromatic carbocycles. The Bertz CT molecular complexity index is 1270. The Labute approximate surface area is 190 Å². The topological polar surface area (TPSA) is 107 Å². The summed E-state index contributed by atoms with van der Waals surface area (Å²) in [6, 6.07) is 3.85. The lowest BCUT2D eigenvalue weighted by Crippen LogP contribution is -2.25. The first kappa shape index (κ1) is 21.8. The highest BCUT2D eigenvalue weighted by Gasteiger charge is 2.24. The number of halogens is 1. The van der Waals surface area contributed by atoms with Crippen LogP contribution in [0.3, 0.4) is 0 Å². The number of amides is 1. The Morgan fingerprint density at radius 1 is 1.39 bits per heavy atom. The Hall–Kier alpha value is -2.43. The number of carbonyl (C=O) groups excluding carboxylic acids is 1. The second kappa shape index (κ2) is 8.60. The molecule has 2 heterocycles. The minimum atomic E-state index is -0.611. The lowest BCUT2D eigenvalue weighted by atomic mass is 9.97. The normalized spacial score (nSPS) is 14.3. The van der Waals surface area contributed by atoms with Crippen LogP contribution in [0.5, 0.6) is 0 Å². The summed E-state index contributed by atoms with van der Waals surface area (Å²) < 4.78 is 1.48. The SMILES string of the molecule is CC(Sc1nc2sc3c(c2c(=O)n1C)CCCC3)C(=O)Nc1cc([N+](=O)[O-])ccc1Cl. The van der Waals surface area contributed by atoms with Gasteiger partial charge in [-0.2, -0.15) is 0 Å². The van der Waals surface area contributed by atoms with Gasteiger partial charge in [-0.3, -0.25) is 24.3 Å². The number of benzene rings is 1. The molecule has 1 amide bonds. The molecular weight excluding hydrogens is 460 g/mol. The van der Waals surface area contributed by atoms with Crippen molar-refractivity contribution in [3.8, 4) is 0 Å². The van der Waals surface area contributed by atoms with Gasteiger partial charge in [0.2, 0.25) is 5.91 Å². The lowest BCUT2D eigenvalue weighted by molar-refractivity contribution is -0.384. The van der Waals surface area contributed by atoms with Crippen LogP contribution in [0.4, 0.5) is 11.4 Å². The Morgan fingerprint density at radius 2 is 2.13 bits per heavy atom. The molecule has 31 heavy (non-hydrogen) atoms. The van der Waals surface area contributed by atoms with E-state index in [4.69, 9.17) is 11.6 Å². The van der Waals surface area contributed by atoms with Gasteiger partial charge in [0, 0.05) is 24.1 Å². The van der Waals surface area contributed by atoms with E-state index in [-0.39, 0.29) is 22.0 Å². The standard InChI is InChI=1S/C20H19ClN4O4S2/c1-10(17(26)22-14-9-11(25(28)29)7-8-13(14)21)30-20-23-18-16(19(27)24(20)2)12-5-3-4-6-15(12)31-18/h7-10H,3-6H2,1-2H3,(H,22,26). The first-order valence-electron chi connectivity index (χ1n) is 9.69. The van der Waals surface area contributed by atoms with Gasteiger partial charge in [0.1, 0.15) is 4.83 Å². The molecule has 0 aliphatic heterocycles. The van der Waals surface area contributed by atoms with Gasteiger partial charge >= 0.3 is 0 Å². The van der Waals surface area contributed by atoms with E-state index in [0.29, 0.717) is 15.4 Å². The van der Waals surface area contributed by atoms with Gasteiger partial charge in [0.05, 0.1) is 26.3 Å². The number of aromatic nitrogens is 2. The first-order chi connectivity index (χ1) is 14.8. The number of aryl methyl sites for hydroxylation is 2. The van der Waals surface area contributed by atoms with Crippen molar-refractivity contribution in [2.45, 2.75) is 43.0 Å². The summed E-state index contributed by atoms with van der Waals surface area (Å²) in [7, 11) is 1.66. The van der Waals surface area contributed by atoms with E-state index < -0.39 is 16.1 Å². The fourth-order valence-corrected chi connectivity index (χ4v) is 5.88. The third-order valence-corrected chi connectivity index (χ3v) is 7.88. The summed E-state index contributed by atoms with van der Waals surface area (Å²) in [6.07, 6.45) is 4.08. The number of hydrogen-bond donors (Lipinski definition) is 1. The van der Waals surface area contributed by atoms with Crippen LogP contribution in [0, 0.1) is 10.1 Å². The van der Waals surface area contributed by atoms with Gasteiger partial charge in [-0.25, -0.2) is 4.98 Å². The summed E-state index contributed by atoms with van der Waals surface area (Å²) in [4.78, 5) is 42.7. The van der Waals surface area contributed by atoms with E-state index in [1.54, 1.807) is 25.3 Å². The molecule has 0 saturated heterocycles. The Balaban J connectivity index is 1.58. The summed E-state index contributed by atoms with van der Waals surface area (Å²) >= 11 is 8.79. The number of anilines is 1. The maximum absolute atomic E-state index is 13.0. The summed E-state index contributed by atoms with van der Waals surface area (Å²) in [5.41, 5.74) is 1.02. The highest BCUT2D eigenvalue weighted by molar-refractivity contribution is 8.00. The minimum absolute atomic E-state index is 0.0961. The predicted octanol–water partition coefficient (Wildman–Crippen LogP) is 4.55. The van der Waals surface area contributed by atoms with Crippen LogP contribution in [0.2, 0.25) is 5.02 Å². The highest BCUT2D eigenvalue weighted by atomic mass is 35.5. The number of nitro benzene ring substituents is 1. The molecule has 1 aliphatic carbocycles. The van der Waals surface area contributed by atoms with Gasteiger partial charge < -0.3 is 5.32 Å². The van der Waals surface area contributed by atoms with E-state index >= 15 is 0 Å². The fraction of sp³-hybridized carbons (Fsp3) is 0.350. The van der Waals surface area contributed by atoms with Gasteiger partial charge in [-0.05, 0) is 44.2 Å². The van der Waals surface area contributed by atoms with Crippen LogP contribution in [-0.4, -0.2) is 25.6 Å². The van der Waals surface area contributed by atoms with Crippen LogP contribution in [0.1, 0.15) is 30.2 Å². The molecular formula is C20H19ClN4O4S2. The zero-order chi connectivity index (χ0) is 22.3. The second-order valence-corrected chi connectivity index (χ2v) is 10.1. The maximum atomic E-state index is 13.0. The van der Waals surface area contributed by atoms with Crippen LogP contribution < -0.4 is 10.9 Å². The van der Waals surface area contributed by atoms with E-state index in [0.717, 1.165) is 43.0 Å². The van der Waals surface area contributed by atoms with Crippen LogP contribution in [0.15, 0.2) is 28.2 Å². The summed E-state index contributed by atoms with van der Waals surface area (Å²) in [5, 5.41) is 14.3. The van der Waals surface area contributed by atoms with E-state index in [9.17, 15) is 19.7 Å². The number of thioether (sulfide) groups is 1. The molecule has 162 valence electrons. The smallest absolute Gasteiger partial charge is 0.271 e. The molecule has 8 nitrogen and oxygen atoms in total. The maximum Gasteiger partial charge on any atom is 0.271 e. The van der Waals surface area contributed by atoms with E-state index in [2.05, 4.69) is 10.3 Å². The van der Waals surface area contributed by atoms with E-state index in [1.165, 1.54) is 27.6 Å². The van der Waals surface area contributed by atoms with Gasteiger partial charge in [0.25, 0.3) is 11.2 Å². The van der Waals surface area contributed by atoms with Crippen molar-refractivity contribution in [1.82, 2.24) is 9.55 Å². The van der Waals surface area contributed by atoms with E-state index in [1.807, 2.05) is 0 Å². The molecule has 0 spiro atoms. The number of rotatable bonds is 5. The fourth-order valence-electron chi connectivity index (χ4n) is 3.54. The molecule has 0 radical (unpaired) electrons. The molecule has 1 unspecified atom stereocenters. The number of nitrogens with one attached hydrogen (secondary N) is 1. The number of nitrogens with zero attached hydrogens (tertiary/aromatic N) is 3. The highest BCUT2D eigenvalue weighted by Crippen LogP contribution is 2.35. The second-order valence-electron chi connectivity index (χ2n) is 7.32. The molecule has 0 saturated carbocycles. The van der Waals surface area contributed by atoms with Crippen molar-refractivity contribution >= 4 is 62.2 Å². The quantitative estimate of drug-likeness (QED) is 0.249. The molecule has 2 aromatic heterocycles. The third-order valence-electron chi connectivity index (χ3n) is 5.23. The van der Waals surface area contributed by atoms with Crippen LogP contribution in [-0.2, 0) is 24.7 Å². The van der Waals surface area contributed by atoms with Crippen molar-refractivity contribution in [3.05, 3.63) is 54.1 Å². The first-order valence-corrected chi connectivity index (χ1v) is 11.8. The molecule has 4 rings (SSSR count). The number of nitro groups is 1. The largest absolute Gasteiger partial charge is 0.324 e. The number of fused-ring (bicyclic) bond motifs is 3. The molecule has 11 heteroatoms. The number of hydrogen-bond acceptors (Lipinski definition) is 7. The van der Waals surface area contributed by atoms with Crippen molar-refractivity contribution < 1.29 is 9.72 Å². The predicted molar refractivity (Wildman–Crippen MR) is 124 cm³/mol. The van der Waals surface area contributed by atoms with Crippen LogP contribution >= 0.6 is 34.7 Å². The zero-order valence-corrected chi connectivity index (χ0v) is 19.2. The van der Waals surface area contributed by atoms with Gasteiger partial charge in [-0.15, -0.1) is 11.3 Å². The summed E-state index contributed by atoms with van der Waals surface area (Å²) in [5.74, 6) is -0.396. The van der Waals surface area contributed by atoms with Crippen LogP contribution in [0.25, 0.3) is 10.2 Å². The monoisotopic (exact) mass is 478 g/mol. The Kier molecular flexibility index (Phi) is 6.05. The summed E-state index contributed by atoms with van der Waals surface area (Å²) in [6.45, 7) is 1.68. The molecule has 1 N–H and O–H groups in total. The van der Waals surface area contributed by atoms with Crippen molar-refractivity contribution in [2.75, 3.05) is 5.32 Å². The van der Waals surface area contributed by atoms with Gasteiger partial charge in [0.15, 0.2) is 5.16 Å². The average Bonchev–Trinajstić information content (AvgIpc) is 3.11. The number of carbonyl (C=O) groups is 1. The molecule has 0 fully saturated rings. The molecule has 3 aromatic rings. The van der Waals surface area contributed by atoms with Gasteiger partial charge in [-0.1, -0.05) is 23.4 Å². The van der Waals surface area contributed by atoms with Crippen molar-refractivity contribution in [2.24, 2.45) is 7.05 Å². The molecule has 0 bridgehead atoms. The van der Waals surface area contributed by atoms with Crippen molar-refractivity contribution in [3.63, 3.8) is 0 Å². The number of thiophene rings is 1. The average molecular weight is 479 g/mol. The minimum Gasteiger partial charge on any atom is -0.324 e. The van der Waals surface area contributed by atoms with Crippen molar-refractivity contribution in [1.29, 1.82) is 0 Å². The zero-order valence-electron chi connectivity index (χ0n) is 16.8. The Morgan fingerprint density at radius 3 is 2.87 bits per heavy atom. The lowest BCUT2D eigenvalue weighted by Gasteiger charge is -2.14. The molecule has 1 aliphatic rings.